The van der Waals surface area contributed by atoms with E-state index in [1.807, 2.05) is 7.05 Å². The maximum Gasteiger partial charge on any atom is 0.282 e. The monoisotopic (exact) mass is 385 g/mol. The molecule has 5 nitrogen and oxygen atoms in total. The molecular weight excluding hydrogens is 364 g/mol. The molecule has 9 heteroatoms. The van der Waals surface area contributed by atoms with Crippen LogP contribution in [0.1, 0.15) is 18.4 Å². The van der Waals surface area contributed by atoms with Crippen LogP contribution in [0, 0.1) is 5.82 Å². The summed E-state index contributed by atoms with van der Waals surface area (Å²) in [5, 5.41) is 3.39. The van der Waals surface area contributed by atoms with Crippen molar-refractivity contribution in [1.29, 1.82) is 0 Å². The van der Waals surface area contributed by atoms with Gasteiger partial charge in [0.2, 0.25) is 0 Å². The predicted octanol–water partition coefficient (Wildman–Crippen LogP) is 2.26. The van der Waals surface area contributed by atoms with E-state index >= 15 is 0 Å². The van der Waals surface area contributed by atoms with Gasteiger partial charge < -0.3 is 5.32 Å². The lowest BCUT2D eigenvalue weighted by molar-refractivity contribution is 0.278. The first-order valence-corrected chi connectivity index (χ1v) is 8.95. The topological polar surface area (TPSA) is 52.7 Å². The van der Waals surface area contributed by atoms with Gasteiger partial charge in [0, 0.05) is 43.3 Å². The normalized spacial score (nSPS) is 17.3. The van der Waals surface area contributed by atoms with Crippen molar-refractivity contribution in [3.63, 3.8) is 0 Å². The fourth-order valence-electron chi connectivity index (χ4n) is 2.56. The van der Waals surface area contributed by atoms with E-state index in [2.05, 4.69) is 5.32 Å². The van der Waals surface area contributed by atoms with Crippen LogP contribution in [0.4, 0.5) is 4.39 Å². The highest BCUT2D eigenvalue weighted by molar-refractivity contribution is 7.86. The van der Waals surface area contributed by atoms with E-state index in [1.165, 1.54) is 23.5 Å². The van der Waals surface area contributed by atoms with E-state index < -0.39 is 16.0 Å². The van der Waals surface area contributed by atoms with Crippen molar-refractivity contribution in [3.8, 4) is 0 Å². The lowest BCUT2D eigenvalue weighted by atomic mass is 10.1. The van der Waals surface area contributed by atoms with Crippen molar-refractivity contribution < 1.29 is 12.8 Å². The first kappa shape index (κ1) is 20.6. The largest absolute Gasteiger partial charge is 0.317 e. The van der Waals surface area contributed by atoms with Gasteiger partial charge in [-0.3, -0.25) is 0 Å². The second-order valence-corrected chi connectivity index (χ2v) is 7.87. The lowest BCUT2D eigenvalue weighted by Gasteiger charge is -2.33. The summed E-state index contributed by atoms with van der Waals surface area (Å²) in [7, 11) is -0.289. The average molecular weight is 386 g/mol. The van der Waals surface area contributed by atoms with Crippen LogP contribution in [0.25, 0.3) is 0 Å². The molecule has 0 saturated carbocycles. The van der Waals surface area contributed by atoms with Crippen LogP contribution in [0.15, 0.2) is 18.2 Å². The summed E-state index contributed by atoms with van der Waals surface area (Å²) in [5.74, 6) is -0.497. The van der Waals surface area contributed by atoms with Crippen molar-refractivity contribution >= 4 is 34.2 Å². The fraction of sp³-hybridized carbons (Fsp3) is 0.571. The van der Waals surface area contributed by atoms with Gasteiger partial charge in [0.15, 0.2) is 0 Å². The van der Waals surface area contributed by atoms with Gasteiger partial charge in [-0.1, -0.05) is 17.7 Å². The summed E-state index contributed by atoms with van der Waals surface area (Å²) in [6, 6.07) is 4.68. The van der Waals surface area contributed by atoms with E-state index in [9.17, 15) is 12.8 Å². The molecule has 1 fully saturated rings. The Labute approximate surface area is 148 Å². The summed E-state index contributed by atoms with van der Waals surface area (Å²) in [6.07, 6.45) is 1.54. The molecule has 1 aliphatic heterocycles. The van der Waals surface area contributed by atoms with Crippen LogP contribution in [0.5, 0.6) is 0 Å². The van der Waals surface area contributed by atoms with Crippen molar-refractivity contribution in [1.82, 2.24) is 13.9 Å². The third-order valence-electron chi connectivity index (χ3n) is 4.02. The number of hydrogen-bond donors (Lipinski definition) is 1. The molecule has 0 atom stereocenters. The highest BCUT2D eigenvalue weighted by Crippen LogP contribution is 2.23. The zero-order chi connectivity index (χ0) is 16.3. The Morgan fingerprint density at radius 3 is 2.52 bits per heavy atom. The molecule has 0 spiro atoms. The average Bonchev–Trinajstić information content (AvgIpc) is 2.51. The molecule has 0 aliphatic carbocycles. The highest BCUT2D eigenvalue weighted by atomic mass is 35.5. The zero-order valence-corrected chi connectivity index (χ0v) is 15.5. The van der Waals surface area contributed by atoms with E-state index in [4.69, 9.17) is 11.6 Å². The van der Waals surface area contributed by atoms with Crippen molar-refractivity contribution in [2.75, 3.05) is 27.2 Å². The molecule has 1 heterocycles. The molecule has 132 valence electrons. The Bertz CT molecular complexity index is 602. The third-order valence-corrected chi connectivity index (χ3v) is 6.31. The van der Waals surface area contributed by atoms with Gasteiger partial charge in [0.05, 0.1) is 0 Å². The number of halogens is 3. The van der Waals surface area contributed by atoms with Crippen LogP contribution in [-0.2, 0) is 16.8 Å². The lowest BCUT2D eigenvalue weighted by Crippen LogP contribution is -2.48. The number of nitrogens with zero attached hydrogens (tertiary/aromatic N) is 2. The maximum absolute atomic E-state index is 13.8. The minimum Gasteiger partial charge on any atom is -0.317 e. The Morgan fingerprint density at radius 2 is 2.00 bits per heavy atom. The quantitative estimate of drug-likeness (QED) is 0.845. The number of benzene rings is 1. The summed E-state index contributed by atoms with van der Waals surface area (Å²) in [5.41, 5.74) is 0.195. The van der Waals surface area contributed by atoms with Crippen LogP contribution in [-0.4, -0.2) is 50.3 Å². The number of piperidine rings is 1. The molecule has 1 aromatic rings. The van der Waals surface area contributed by atoms with Gasteiger partial charge in [-0.05, 0) is 32.0 Å². The van der Waals surface area contributed by atoms with E-state index in [0.717, 1.165) is 17.1 Å². The smallest absolute Gasteiger partial charge is 0.282 e. The van der Waals surface area contributed by atoms with Crippen LogP contribution >= 0.6 is 24.0 Å². The zero-order valence-electron chi connectivity index (χ0n) is 13.1. The second kappa shape index (κ2) is 8.60. The van der Waals surface area contributed by atoms with Crippen LogP contribution in [0.2, 0.25) is 5.02 Å². The number of hydrogen-bond acceptors (Lipinski definition) is 3. The van der Waals surface area contributed by atoms with Gasteiger partial charge >= 0.3 is 0 Å². The molecule has 0 amide bonds. The second-order valence-electron chi connectivity index (χ2n) is 5.43. The van der Waals surface area contributed by atoms with E-state index in [0.29, 0.717) is 19.1 Å². The standard InChI is InChI=1S/C14H21ClFN3O2S.ClH/c1-17-11-6-8-19(9-7-11)22(20,21)18(2)10-12-13(15)4-3-5-14(12)16;/h3-5,11,17H,6-10H2,1-2H3;1H. The molecule has 1 aliphatic rings. The Morgan fingerprint density at radius 1 is 1.39 bits per heavy atom. The molecule has 0 radical (unpaired) electrons. The highest BCUT2D eigenvalue weighted by Gasteiger charge is 2.31. The Kier molecular flexibility index (Phi) is 7.70. The van der Waals surface area contributed by atoms with Crippen molar-refractivity contribution in [3.05, 3.63) is 34.6 Å². The predicted molar refractivity (Wildman–Crippen MR) is 92.7 cm³/mol. The van der Waals surface area contributed by atoms with E-state index in [1.54, 1.807) is 6.07 Å². The van der Waals surface area contributed by atoms with Gasteiger partial charge in [-0.25, -0.2) is 4.39 Å². The minimum absolute atomic E-state index is 0. The SMILES string of the molecule is CNC1CCN(S(=O)(=O)N(C)Cc2c(F)cccc2Cl)CC1.Cl. The minimum atomic E-state index is -3.61. The summed E-state index contributed by atoms with van der Waals surface area (Å²) < 4.78 is 41.5. The summed E-state index contributed by atoms with van der Waals surface area (Å²) in [4.78, 5) is 0. The first-order chi connectivity index (χ1) is 10.4. The molecule has 2 rings (SSSR count). The van der Waals surface area contributed by atoms with Crippen LogP contribution < -0.4 is 5.32 Å². The molecule has 1 N–H and O–H groups in total. The van der Waals surface area contributed by atoms with E-state index in [-0.39, 0.29) is 29.5 Å². The summed E-state index contributed by atoms with van der Waals surface area (Å²) in [6.45, 7) is 0.839. The van der Waals surface area contributed by atoms with Crippen LogP contribution in [0.3, 0.4) is 0 Å². The molecule has 23 heavy (non-hydrogen) atoms. The van der Waals surface area contributed by atoms with Crippen molar-refractivity contribution in [2.45, 2.75) is 25.4 Å². The van der Waals surface area contributed by atoms with Crippen molar-refractivity contribution in [2.24, 2.45) is 0 Å². The van der Waals surface area contributed by atoms with Gasteiger partial charge in [0.25, 0.3) is 10.2 Å². The van der Waals surface area contributed by atoms with Gasteiger partial charge in [0.1, 0.15) is 5.82 Å². The fourth-order valence-corrected chi connectivity index (χ4v) is 4.14. The molecule has 0 bridgehead atoms. The third kappa shape index (κ3) is 4.78. The maximum atomic E-state index is 13.8. The summed E-state index contributed by atoms with van der Waals surface area (Å²) >= 11 is 5.96. The first-order valence-electron chi connectivity index (χ1n) is 7.18. The van der Waals surface area contributed by atoms with Gasteiger partial charge in [-0.2, -0.15) is 17.0 Å². The molecular formula is C14H22Cl2FN3O2S. The molecule has 1 aromatic carbocycles. The Hall–Kier alpha value is -0.440. The number of rotatable bonds is 5. The van der Waals surface area contributed by atoms with Gasteiger partial charge in [-0.15, -0.1) is 12.4 Å². The molecule has 0 unspecified atom stereocenters. The Balaban J connectivity index is 0.00000264. The molecule has 1 saturated heterocycles. The molecule has 0 aromatic heterocycles. The number of nitrogens with one attached hydrogen (secondary N) is 1.